The number of carbonyl (C=O) groups excluding carboxylic acids is 1. The standard InChI is InChI=1S/C19H22N6O3/c1-27-14-6-5-13(8-15(14)28-2)24-19(26)12-4-3-7-25(9-12)18-16-17(21-10-20-16)22-11-23-18/h5-6,8,10-12H,3-4,7,9H2,1-2H3,(H,24,26)(H,20,21,22,23). The molecule has 0 spiro atoms. The first-order chi connectivity index (χ1) is 13.7. The fourth-order valence-electron chi connectivity index (χ4n) is 3.53. The molecule has 0 saturated carbocycles. The van der Waals surface area contributed by atoms with Gasteiger partial charge >= 0.3 is 0 Å². The molecule has 1 atom stereocenters. The number of H-pyrrole nitrogens is 1. The van der Waals surface area contributed by atoms with E-state index >= 15 is 0 Å². The summed E-state index contributed by atoms with van der Waals surface area (Å²) in [5.41, 5.74) is 2.10. The third kappa shape index (κ3) is 3.42. The van der Waals surface area contributed by atoms with E-state index in [0.29, 0.717) is 29.4 Å². The van der Waals surface area contributed by atoms with Gasteiger partial charge in [-0.1, -0.05) is 0 Å². The molecule has 2 aromatic heterocycles. The molecule has 0 aliphatic carbocycles. The van der Waals surface area contributed by atoms with Gasteiger partial charge in [0.25, 0.3) is 0 Å². The van der Waals surface area contributed by atoms with Crippen molar-refractivity contribution in [2.24, 2.45) is 5.92 Å². The topological polar surface area (TPSA) is 105 Å². The number of aromatic amines is 1. The van der Waals surface area contributed by atoms with Gasteiger partial charge in [0.2, 0.25) is 5.91 Å². The zero-order chi connectivity index (χ0) is 19.5. The number of benzene rings is 1. The predicted molar refractivity (Wildman–Crippen MR) is 105 cm³/mol. The van der Waals surface area contributed by atoms with E-state index in [1.54, 1.807) is 38.7 Å². The summed E-state index contributed by atoms with van der Waals surface area (Å²) in [5.74, 6) is 1.82. The lowest BCUT2D eigenvalue weighted by molar-refractivity contribution is -0.120. The van der Waals surface area contributed by atoms with E-state index in [1.165, 1.54) is 6.33 Å². The summed E-state index contributed by atoms with van der Waals surface area (Å²) < 4.78 is 10.5. The van der Waals surface area contributed by atoms with E-state index in [4.69, 9.17) is 9.47 Å². The monoisotopic (exact) mass is 382 g/mol. The minimum atomic E-state index is -0.144. The molecule has 2 N–H and O–H groups in total. The Balaban J connectivity index is 1.49. The maximum atomic E-state index is 12.8. The first-order valence-corrected chi connectivity index (χ1v) is 9.11. The summed E-state index contributed by atoms with van der Waals surface area (Å²) in [5, 5.41) is 2.99. The lowest BCUT2D eigenvalue weighted by atomic mass is 9.97. The van der Waals surface area contributed by atoms with Gasteiger partial charge in [0.15, 0.2) is 23.0 Å². The fraction of sp³-hybridized carbons (Fsp3) is 0.368. The molecule has 0 radical (unpaired) electrons. The molecule has 1 aliphatic heterocycles. The van der Waals surface area contributed by atoms with Gasteiger partial charge in [-0.2, -0.15) is 0 Å². The van der Waals surface area contributed by atoms with E-state index in [2.05, 4.69) is 30.2 Å². The number of anilines is 2. The third-order valence-corrected chi connectivity index (χ3v) is 4.95. The van der Waals surface area contributed by atoms with Gasteiger partial charge in [0.1, 0.15) is 11.8 Å². The summed E-state index contributed by atoms with van der Waals surface area (Å²) in [4.78, 5) is 30.8. The van der Waals surface area contributed by atoms with Crippen LogP contribution in [0.3, 0.4) is 0 Å². The van der Waals surface area contributed by atoms with Crippen molar-refractivity contribution >= 4 is 28.6 Å². The van der Waals surface area contributed by atoms with Crippen LogP contribution in [0.25, 0.3) is 11.2 Å². The normalized spacial score (nSPS) is 16.8. The minimum absolute atomic E-state index is 0.0215. The summed E-state index contributed by atoms with van der Waals surface area (Å²) in [6.45, 7) is 1.43. The smallest absolute Gasteiger partial charge is 0.229 e. The van der Waals surface area contributed by atoms with Gasteiger partial charge in [0.05, 0.1) is 26.5 Å². The van der Waals surface area contributed by atoms with Crippen molar-refractivity contribution in [2.45, 2.75) is 12.8 Å². The Morgan fingerprint density at radius 2 is 2.07 bits per heavy atom. The highest BCUT2D eigenvalue weighted by Crippen LogP contribution is 2.31. The molecule has 3 aromatic rings. The van der Waals surface area contributed by atoms with Crippen molar-refractivity contribution in [1.29, 1.82) is 0 Å². The number of aromatic nitrogens is 4. The van der Waals surface area contributed by atoms with Gasteiger partial charge in [-0.3, -0.25) is 4.79 Å². The molecule has 1 aliphatic rings. The van der Waals surface area contributed by atoms with Crippen LogP contribution < -0.4 is 19.7 Å². The molecule has 4 rings (SSSR count). The Labute approximate surface area is 162 Å². The quantitative estimate of drug-likeness (QED) is 0.697. The predicted octanol–water partition coefficient (Wildman–Crippen LogP) is 2.23. The zero-order valence-electron chi connectivity index (χ0n) is 15.8. The van der Waals surface area contributed by atoms with Gasteiger partial charge in [-0.25, -0.2) is 15.0 Å². The number of fused-ring (bicyclic) bond motifs is 1. The van der Waals surface area contributed by atoms with Crippen LogP contribution in [0, 0.1) is 5.92 Å². The summed E-state index contributed by atoms with van der Waals surface area (Å²) in [6, 6.07) is 5.34. The van der Waals surface area contributed by atoms with Gasteiger partial charge in [-0.15, -0.1) is 0 Å². The molecule has 1 amide bonds. The molecule has 0 bridgehead atoms. The number of methoxy groups -OCH3 is 2. The lowest BCUT2D eigenvalue weighted by Gasteiger charge is -2.32. The van der Waals surface area contributed by atoms with E-state index in [9.17, 15) is 4.79 Å². The fourth-order valence-corrected chi connectivity index (χ4v) is 3.53. The Morgan fingerprint density at radius 3 is 2.89 bits per heavy atom. The van der Waals surface area contributed by atoms with Crippen molar-refractivity contribution < 1.29 is 14.3 Å². The maximum Gasteiger partial charge on any atom is 0.229 e. The van der Waals surface area contributed by atoms with Crippen LogP contribution in [0.1, 0.15) is 12.8 Å². The average molecular weight is 382 g/mol. The Morgan fingerprint density at radius 1 is 1.21 bits per heavy atom. The number of carbonyl (C=O) groups is 1. The Kier molecular flexibility index (Phi) is 4.96. The first-order valence-electron chi connectivity index (χ1n) is 9.11. The van der Waals surface area contributed by atoms with Crippen molar-refractivity contribution in [3.05, 3.63) is 30.9 Å². The number of piperidine rings is 1. The van der Waals surface area contributed by atoms with Crippen LogP contribution in [-0.4, -0.2) is 53.2 Å². The highest BCUT2D eigenvalue weighted by Gasteiger charge is 2.28. The molecular weight excluding hydrogens is 360 g/mol. The van der Waals surface area contributed by atoms with Gasteiger partial charge in [0, 0.05) is 24.8 Å². The number of amides is 1. The van der Waals surface area contributed by atoms with E-state index in [-0.39, 0.29) is 11.8 Å². The van der Waals surface area contributed by atoms with Crippen molar-refractivity contribution in [3.63, 3.8) is 0 Å². The first kappa shape index (κ1) is 18.0. The minimum Gasteiger partial charge on any atom is -0.493 e. The van der Waals surface area contributed by atoms with E-state index < -0.39 is 0 Å². The molecule has 146 valence electrons. The van der Waals surface area contributed by atoms with E-state index in [1.807, 2.05) is 0 Å². The van der Waals surface area contributed by atoms with Crippen molar-refractivity contribution in [3.8, 4) is 11.5 Å². The molecule has 1 saturated heterocycles. The Hall–Kier alpha value is -3.36. The van der Waals surface area contributed by atoms with Crippen LogP contribution in [0.2, 0.25) is 0 Å². The number of hydrogen-bond acceptors (Lipinski definition) is 7. The number of hydrogen-bond donors (Lipinski definition) is 2. The van der Waals surface area contributed by atoms with Crippen LogP contribution in [0.15, 0.2) is 30.9 Å². The number of rotatable bonds is 5. The average Bonchev–Trinajstić information content (AvgIpc) is 3.22. The van der Waals surface area contributed by atoms with Crippen molar-refractivity contribution in [1.82, 2.24) is 19.9 Å². The van der Waals surface area contributed by atoms with Crippen LogP contribution in [-0.2, 0) is 4.79 Å². The van der Waals surface area contributed by atoms with Crippen molar-refractivity contribution in [2.75, 3.05) is 37.5 Å². The Bertz CT molecular complexity index is 989. The second-order valence-electron chi connectivity index (χ2n) is 6.64. The molecule has 3 heterocycles. The number of nitrogens with one attached hydrogen (secondary N) is 2. The van der Waals surface area contributed by atoms with Crippen LogP contribution in [0.5, 0.6) is 11.5 Å². The molecular formula is C19H22N6O3. The van der Waals surface area contributed by atoms with Crippen LogP contribution in [0.4, 0.5) is 11.5 Å². The highest BCUT2D eigenvalue weighted by molar-refractivity contribution is 5.93. The second kappa shape index (κ2) is 7.71. The number of ether oxygens (including phenoxy) is 2. The molecule has 1 unspecified atom stereocenters. The largest absolute Gasteiger partial charge is 0.493 e. The number of nitrogens with zero attached hydrogens (tertiary/aromatic N) is 4. The SMILES string of the molecule is COc1ccc(NC(=O)C2CCCN(c3ncnc4nc[nH]c34)C2)cc1OC. The highest BCUT2D eigenvalue weighted by atomic mass is 16.5. The molecule has 9 nitrogen and oxygen atoms in total. The third-order valence-electron chi connectivity index (χ3n) is 4.95. The summed E-state index contributed by atoms with van der Waals surface area (Å²) in [7, 11) is 3.15. The zero-order valence-corrected chi connectivity index (χ0v) is 15.8. The maximum absolute atomic E-state index is 12.8. The summed E-state index contributed by atoms with van der Waals surface area (Å²) in [6.07, 6.45) is 4.84. The van der Waals surface area contributed by atoms with E-state index in [0.717, 1.165) is 30.7 Å². The van der Waals surface area contributed by atoms with Gasteiger partial charge < -0.3 is 24.7 Å². The molecule has 1 aromatic carbocycles. The second-order valence-corrected chi connectivity index (χ2v) is 6.64. The molecule has 9 heteroatoms. The summed E-state index contributed by atoms with van der Waals surface area (Å²) >= 11 is 0. The molecule has 1 fully saturated rings. The van der Waals surface area contributed by atoms with Gasteiger partial charge in [-0.05, 0) is 25.0 Å². The molecule has 28 heavy (non-hydrogen) atoms. The number of imidazole rings is 1. The lowest BCUT2D eigenvalue weighted by Crippen LogP contribution is -2.41. The van der Waals surface area contributed by atoms with Crippen LogP contribution >= 0.6 is 0 Å².